The maximum absolute atomic E-state index is 12.9. The zero-order valence-corrected chi connectivity index (χ0v) is 19.0. The standard InChI is InChI=1S/C24H26ClNO6/c1-5-14-26(21(27)12-13-22(28)32-6-2)19-11-10-16(25)15-18(19)23(29)17-8-7-9-20(30-3)24(17)31-4/h5,7-13,15,23,29H,1,6,14H2,2-4H3/b13-12+. The van der Waals surface area contributed by atoms with E-state index in [2.05, 4.69) is 6.58 Å². The normalized spacial score (nSPS) is 11.7. The molecule has 0 spiro atoms. The maximum Gasteiger partial charge on any atom is 0.330 e. The van der Waals surface area contributed by atoms with E-state index in [0.717, 1.165) is 12.2 Å². The molecular weight excluding hydrogens is 434 g/mol. The number of hydrogen-bond donors (Lipinski definition) is 1. The van der Waals surface area contributed by atoms with Crippen LogP contribution in [0.25, 0.3) is 0 Å². The van der Waals surface area contributed by atoms with E-state index in [1.165, 1.54) is 25.2 Å². The van der Waals surface area contributed by atoms with Gasteiger partial charge in [0, 0.05) is 34.8 Å². The van der Waals surface area contributed by atoms with Crippen LogP contribution < -0.4 is 14.4 Å². The molecule has 8 heteroatoms. The fraction of sp³-hybridized carbons (Fsp3) is 0.250. The molecule has 0 saturated heterocycles. The van der Waals surface area contributed by atoms with Crippen LogP contribution in [0.1, 0.15) is 24.2 Å². The van der Waals surface area contributed by atoms with Crippen LogP contribution in [0.4, 0.5) is 5.69 Å². The summed E-state index contributed by atoms with van der Waals surface area (Å²) in [4.78, 5) is 25.9. The van der Waals surface area contributed by atoms with Gasteiger partial charge in [-0.15, -0.1) is 6.58 Å². The van der Waals surface area contributed by atoms with Crippen LogP contribution in [0.2, 0.25) is 5.02 Å². The molecule has 2 aromatic rings. The Morgan fingerprint density at radius 2 is 1.91 bits per heavy atom. The van der Waals surface area contributed by atoms with Crippen molar-refractivity contribution >= 4 is 29.2 Å². The molecule has 1 N–H and O–H groups in total. The third-order valence-electron chi connectivity index (χ3n) is 4.53. The third-order valence-corrected chi connectivity index (χ3v) is 4.76. The minimum Gasteiger partial charge on any atom is -0.493 e. The number of esters is 1. The van der Waals surface area contributed by atoms with Crippen LogP contribution in [-0.2, 0) is 14.3 Å². The Morgan fingerprint density at radius 1 is 1.16 bits per heavy atom. The van der Waals surface area contributed by atoms with Gasteiger partial charge < -0.3 is 24.2 Å². The number of amides is 1. The van der Waals surface area contributed by atoms with Crippen molar-refractivity contribution in [3.63, 3.8) is 0 Å². The summed E-state index contributed by atoms with van der Waals surface area (Å²) in [6, 6.07) is 9.91. The van der Waals surface area contributed by atoms with Gasteiger partial charge in [-0.25, -0.2) is 4.79 Å². The lowest BCUT2D eigenvalue weighted by atomic mass is 9.97. The van der Waals surface area contributed by atoms with Gasteiger partial charge in [-0.1, -0.05) is 29.8 Å². The summed E-state index contributed by atoms with van der Waals surface area (Å²) in [6.07, 6.45) is 2.51. The third kappa shape index (κ3) is 5.90. The van der Waals surface area contributed by atoms with E-state index in [4.69, 9.17) is 25.8 Å². The zero-order valence-electron chi connectivity index (χ0n) is 18.2. The topological polar surface area (TPSA) is 85.3 Å². The average molecular weight is 460 g/mol. The second kappa shape index (κ2) is 11.9. The Kier molecular flexibility index (Phi) is 9.31. The van der Waals surface area contributed by atoms with E-state index in [0.29, 0.717) is 33.3 Å². The van der Waals surface area contributed by atoms with E-state index < -0.39 is 18.0 Å². The molecule has 0 bridgehead atoms. The van der Waals surface area contributed by atoms with Gasteiger partial charge in [0.15, 0.2) is 11.5 Å². The van der Waals surface area contributed by atoms with E-state index >= 15 is 0 Å². The van der Waals surface area contributed by atoms with E-state index in [1.54, 1.807) is 43.3 Å². The van der Waals surface area contributed by atoms with Crippen LogP contribution in [0.15, 0.2) is 61.2 Å². The van der Waals surface area contributed by atoms with Gasteiger partial charge in [-0.05, 0) is 31.2 Å². The first-order chi connectivity index (χ1) is 15.4. The van der Waals surface area contributed by atoms with Crippen molar-refractivity contribution in [2.75, 3.05) is 32.3 Å². The molecule has 32 heavy (non-hydrogen) atoms. The smallest absolute Gasteiger partial charge is 0.330 e. The lowest BCUT2D eigenvalue weighted by Crippen LogP contribution is -2.31. The summed E-state index contributed by atoms with van der Waals surface area (Å²) in [5.74, 6) is -0.315. The Morgan fingerprint density at radius 3 is 2.53 bits per heavy atom. The highest BCUT2D eigenvalue weighted by Crippen LogP contribution is 2.40. The van der Waals surface area contributed by atoms with Crippen LogP contribution in [0.3, 0.4) is 0 Å². The number of halogens is 1. The molecule has 0 aromatic heterocycles. The Hall–Kier alpha value is -3.29. The number of carbonyl (C=O) groups excluding carboxylic acids is 2. The summed E-state index contributed by atoms with van der Waals surface area (Å²) in [6.45, 7) is 5.70. The number of para-hydroxylation sites is 1. The van der Waals surface area contributed by atoms with Gasteiger partial charge >= 0.3 is 5.97 Å². The van der Waals surface area contributed by atoms with Crippen LogP contribution in [0, 0.1) is 0 Å². The molecule has 1 atom stereocenters. The molecule has 1 unspecified atom stereocenters. The summed E-state index contributed by atoms with van der Waals surface area (Å²) < 4.78 is 15.6. The van der Waals surface area contributed by atoms with Gasteiger partial charge in [0.1, 0.15) is 6.10 Å². The quantitative estimate of drug-likeness (QED) is 0.327. The molecule has 170 valence electrons. The van der Waals surface area contributed by atoms with E-state index in [9.17, 15) is 14.7 Å². The summed E-state index contributed by atoms with van der Waals surface area (Å²) in [7, 11) is 2.97. The first-order valence-corrected chi connectivity index (χ1v) is 10.2. The molecular formula is C24H26ClNO6. The molecule has 0 saturated carbocycles. The highest BCUT2D eigenvalue weighted by molar-refractivity contribution is 6.30. The molecule has 2 rings (SSSR count). The van der Waals surface area contributed by atoms with E-state index in [-0.39, 0.29) is 13.2 Å². The molecule has 0 aliphatic carbocycles. The Labute approximate surface area is 192 Å². The number of rotatable bonds is 10. The molecule has 0 aliphatic rings. The fourth-order valence-corrected chi connectivity index (χ4v) is 3.32. The monoisotopic (exact) mass is 459 g/mol. The minimum absolute atomic E-state index is 0.128. The van der Waals surface area contributed by atoms with Crippen molar-refractivity contribution in [3.8, 4) is 11.5 Å². The van der Waals surface area contributed by atoms with Gasteiger partial charge in [0.05, 0.1) is 26.5 Å². The summed E-state index contributed by atoms with van der Waals surface area (Å²) in [5.41, 5.74) is 1.19. The lowest BCUT2D eigenvalue weighted by molar-refractivity contribution is -0.137. The van der Waals surface area contributed by atoms with Crippen molar-refractivity contribution in [2.45, 2.75) is 13.0 Å². The number of anilines is 1. The van der Waals surface area contributed by atoms with Crippen LogP contribution in [-0.4, -0.2) is 44.4 Å². The van der Waals surface area contributed by atoms with Crippen molar-refractivity contribution in [3.05, 3.63) is 77.4 Å². The number of ether oxygens (including phenoxy) is 3. The molecule has 2 aromatic carbocycles. The summed E-state index contributed by atoms with van der Waals surface area (Å²) >= 11 is 6.21. The fourth-order valence-electron chi connectivity index (χ4n) is 3.14. The Balaban J connectivity index is 2.55. The number of nitrogens with zero attached hydrogens (tertiary/aromatic N) is 1. The molecule has 0 radical (unpaired) electrons. The van der Waals surface area contributed by atoms with Gasteiger partial charge in [-0.3, -0.25) is 4.79 Å². The van der Waals surface area contributed by atoms with Gasteiger partial charge in [-0.2, -0.15) is 0 Å². The number of aliphatic hydroxyl groups excluding tert-OH is 1. The molecule has 0 fully saturated rings. The number of benzene rings is 2. The van der Waals surface area contributed by atoms with E-state index in [1.807, 2.05) is 0 Å². The molecule has 1 amide bonds. The number of carbonyl (C=O) groups is 2. The lowest BCUT2D eigenvalue weighted by Gasteiger charge is -2.26. The minimum atomic E-state index is -1.19. The first-order valence-electron chi connectivity index (χ1n) is 9.83. The summed E-state index contributed by atoms with van der Waals surface area (Å²) in [5, 5.41) is 11.6. The van der Waals surface area contributed by atoms with Crippen molar-refractivity contribution in [1.82, 2.24) is 0 Å². The zero-order chi connectivity index (χ0) is 23.7. The van der Waals surface area contributed by atoms with Crippen molar-refractivity contribution < 1.29 is 28.9 Å². The maximum atomic E-state index is 12.9. The molecule has 7 nitrogen and oxygen atoms in total. The van der Waals surface area contributed by atoms with Crippen molar-refractivity contribution in [2.24, 2.45) is 0 Å². The number of hydrogen-bond acceptors (Lipinski definition) is 6. The highest BCUT2D eigenvalue weighted by atomic mass is 35.5. The SMILES string of the molecule is C=CCN(C(=O)/C=C/C(=O)OCC)c1ccc(Cl)cc1C(O)c1cccc(OC)c1OC. The van der Waals surface area contributed by atoms with Gasteiger partial charge in [0.2, 0.25) is 0 Å². The first kappa shape index (κ1) is 25.0. The predicted molar refractivity (Wildman–Crippen MR) is 123 cm³/mol. The second-order valence-corrected chi connectivity index (χ2v) is 6.95. The van der Waals surface area contributed by atoms with Crippen LogP contribution in [0.5, 0.6) is 11.5 Å². The average Bonchev–Trinajstić information content (AvgIpc) is 2.80. The molecule has 0 heterocycles. The Bertz CT molecular complexity index is 1000. The number of methoxy groups -OCH3 is 2. The van der Waals surface area contributed by atoms with Crippen molar-refractivity contribution in [1.29, 1.82) is 0 Å². The van der Waals surface area contributed by atoms with Crippen LogP contribution >= 0.6 is 11.6 Å². The second-order valence-electron chi connectivity index (χ2n) is 6.51. The molecule has 0 aliphatic heterocycles. The largest absolute Gasteiger partial charge is 0.493 e. The van der Waals surface area contributed by atoms with Gasteiger partial charge in [0.25, 0.3) is 5.91 Å². The number of aliphatic hydroxyl groups is 1. The highest BCUT2D eigenvalue weighted by Gasteiger charge is 2.25. The predicted octanol–water partition coefficient (Wildman–Crippen LogP) is 4.08.